The summed E-state index contributed by atoms with van der Waals surface area (Å²) >= 11 is 5.84. The third-order valence-corrected chi connectivity index (χ3v) is 3.78. The Morgan fingerprint density at radius 3 is 2.48 bits per heavy atom. The molecule has 0 aromatic heterocycles. The number of rotatable bonds is 4. The van der Waals surface area contributed by atoms with E-state index in [4.69, 9.17) is 16.3 Å². The lowest BCUT2D eigenvalue weighted by Gasteiger charge is -2.16. The largest absolute Gasteiger partial charge is 0.481 e. The second kappa shape index (κ2) is 8.39. The van der Waals surface area contributed by atoms with E-state index in [2.05, 4.69) is 16.2 Å². The summed E-state index contributed by atoms with van der Waals surface area (Å²) in [5.41, 5.74) is 7.30. The molecule has 0 fully saturated rings. The van der Waals surface area contributed by atoms with Crippen molar-refractivity contribution in [2.45, 2.75) is 26.9 Å². The molecule has 0 aliphatic carbocycles. The fourth-order valence-corrected chi connectivity index (χ4v) is 2.18. The van der Waals surface area contributed by atoms with E-state index < -0.39 is 18.0 Å². The standard InChI is InChI=1S/C18H20ClN3O3/c1-11-7-8-16(9-12(11)2)25-13(3)17(23)21-22-18(24)20-15-6-4-5-14(19)10-15/h4-10,13H,1-3H3,(H,21,23)(H2,20,22,24). The molecular weight excluding hydrogens is 342 g/mol. The number of hydrazine groups is 1. The molecule has 3 N–H and O–H groups in total. The normalized spacial score (nSPS) is 11.4. The number of urea groups is 1. The fourth-order valence-electron chi connectivity index (χ4n) is 1.99. The van der Waals surface area contributed by atoms with Crippen LogP contribution in [0.1, 0.15) is 18.1 Å². The molecule has 6 nitrogen and oxygen atoms in total. The van der Waals surface area contributed by atoms with E-state index in [1.807, 2.05) is 26.0 Å². The summed E-state index contributed by atoms with van der Waals surface area (Å²) in [6, 6.07) is 11.7. The molecule has 2 aromatic rings. The second-order valence-corrected chi connectivity index (χ2v) is 6.02. The van der Waals surface area contributed by atoms with Gasteiger partial charge in [-0.3, -0.25) is 10.2 Å². The molecule has 1 unspecified atom stereocenters. The molecule has 2 rings (SSSR count). The van der Waals surface area contributed by atoms with Gasteiger partial charge < -0.3 is 10.1 Å². The van der Waals surface area contributed by atoms with Crippen molar-refractivity contribution in [3.05, 3.63) is 58.6 Å². The maximum Gasteiger partial charge on any atom is 0.337 e. The minimum atomic E-state index is -0.770. The number of halogens is 1. The number of hydrogen-bond acceptors (Lipinski definition) is 3. The number of ether oxygens (including phenoxy) is 1. The number of nitrogens with one attached hydrogen (secondary N) is 3. The summed E-state index contributed by atoms with van der Waals surface area (Å²) < 4.78 is 5.58. The van der Waals surface area contributed by atoms with Gasteiger partial charge in [0.1, 0.15) is 5.75 Å². The number of hydrogen-bond donors (Lipinski definition) is 3. The molecular formula is C18H20ClN3O3. The summed E-state index contributed by atoms with van der Waals surface area (Å²) in [5.74, 6) is 0.119. The van der Waals surface area contributed by atoms with Crippen molar-refractivity contribution >= 4 is 29.2 Å². The van der Waals surface area contributed by atoms with Gasteiger partial charge in [0.05, 0.1) is 0 Å². The molecule has 1 atom stereocenters. The van der Waals surface area contributed by atoms with Gasteiger partial charge >= 0.3 is 6.03 Å². The van der Waals surface area contributed by atoms with Crippen molar-refractivity contribution in [1.82, 2.24) is 10.9 Å². The molecule has 0 spiro atoms. The van der Waals surface area contributed by atoms with Crippen LogP contribution in [-0.2, 0) is 4.79 Å². The van der Waals surface area contributed by atoms with Gasteiger partial charge in [0.2, 0.25) is 0 Å². The predicted molar refractivity (Wildman–Crippen MR) is 97.8 cm³/mol. The average molecular weight is 362 g/mol. The quantitative estimate of drug-likeness (QED) is 0.728. The van der Waals surface area contributed by atoms with Gasteiger partial charge in [-0.15, -0.1) is 0 Å². The van der Waals surface area contributed by atoms with E-state index in [9.17, 15) is 9.59 Å². The summed E-state index contributed by atoms with van der Waals surface area (Å²) in [6.07, 6.45) is -0.770. The first-order chi connectivity index (χ1) is 11.8. The molecule has 2 aromatic carbocycles. The highest BCUT2D eigenvalue weighted by molar-refractivity contribution is 6.30. The number of benzene rings is 2. The van der Waals surface area contributed by atoms with Crippen LogP contribution in [-0.4, -0.2) is 18.0 Å². The topological polar surface area (TPSA) is 79.5 Å². The van der Waals surface area contributed by atoms with Gasteiger partial charge in [0.15, 0.2) is 6.10 Å². The summed E-state index contributed by atoms with van der Waals surface area (Å²) in [5, 5.41) is 3.05. The maximum absolute atomic E-state index is 12.0. The van der Waals surface area contributed by atoms with E-state index in [0.29, 0.717) is 16.5 Å². The molecule has 0 aliphatic rings. The Kier molecular flexibility index (Phi) is 6.25. The molecule has 0 saturated carbocycles. The number of carbonyl (C=O) groups excluding carboxylic acids is 2. The third kappa shape index (κ3) is 5.69. The highest BCUT2D eigenvalue weighted by atomic mass is 35.5. The Morgan fingerprint density at radius 1 is 1.04 bits per heavy atom. The third-order valence-electron chi connectivity index (χ3n) is 3.54. The monoisotopic (exact) mass is 361 g/mol. The van der Waals surface area contributed by atoms with Crippen LogP contribution in [0.25, 0.3) is 0 Å². The SMILES string of the molecule is Cc1ccc(OC(C)C(=O)NNC(=O)Nc2cccc(Cl)c2)cc1C. The van der Waals surface area contributed by atoms with E-state index in [0.717, 1.165) is 11.1 Å². The molecule has 132 valence electrons. The minimum Gasteiger partial charge on any atom is -0.481 e. The van der Waals surface area contributed by atoms with Gasteiger partial charge in [-0.05, 0) is 62.2 Å². The number of aryl methyl sites for hydroxylation is 2. The summed E-state index contributed by atoms with van der Waals surface area (Å²) in [6.45, 7) is 5.56. The molecule has 0 aliphatic heterocycles. The highest BCUT2D eigenvalue weighted by Gasteiger charge is 2.15. The average Bonchev–Trinajstić information content (AvgIpc) is 2.56. The van der Waals surface area contributed by atoms with Crippen molar-refractivity contribution in [2.75, 3.05) is 5.32 Å². The molecule has 0 heterocycles. The van der Waals surface area contributed by atoms with Gasteiger partial charge in [-0.2, -0.15) is 0 Å². The zero-order chi connectivity index (χ0) is 18.4. The van der Waals surface area contributed by atoms with Crippen molar-refractivity contribution < 1.29 is 14.3 Å². The first kappa shape index (κ1) is 18.6. The van der Waals surface area contributed by atoms with Crippen molar-refractivity contribution in [1.29, 1.82) is 0 Å². The lowest BCUT2D eigenvalue weighted by Crippen LogP contribution is -2.48. The molecule has 7 heteroatoms. The first-order valence-electron chi connectivity index (χ1n) is 7.71. The van der Waals surface area contributed by atoms with Gasteiger partial charge in [-0.25, -0.2) is 10.2 Å². The number of amides is 3. The van der Waals surface area contributed by atoms with Crippen molar-refractivity contribution in [3.63, 3.8) is 0 Å². The Labute approximate surface area is 151 Å². The summed E-state index contributed by atoms with van der Waals surface area (Å²) in [7, 11) is 0. The second-order valence-electron chi connectivity index (χ2n) is 5.58. The minimum absolute atomic E-state index is 0.473. The highest BCUT2D eigenvalue weighted by Crippen LogP contribution is 2.17. The van der Waals surface area contributed by atoms with Gasteiger partial charge in [0, 0.05) is 10.7 Å². The molecule has 0 bridgehead atoms. The maximum atomic E-state index is 12.0. The fraction of sp³-hybridized carbons (Fsp3) is 0.222. The Morgan fingerprint density at radius 2 is 1.80 bits per heavy atom. The number of carbonyl (C=O) groups is 2. The van der Waals surface area contributed by atoms with Gasteiger partial charge in [0.25, 0.3) is 5.91 Å². The van der Waals surface area contributed by atoms with Crippen LogP contribution in [0.4, 0.5) is 10.5 Å². The van der Waals surface area contributed by atoms with Crippen LogP contribution in [0.3, 0.4) is 0 Å². The van der Waals surface area contributed by atoms with Gasteiger partial charge in [-0.1, -0.05) is 23.7 Å². The van der Waals surface area contributed by atoms with Crippen LogP contribution >= 0.6 is 11.6 Å². The number of anilines is 1. The first-order valence-corrected chi connectivity index (χ1v) is 8.09. The molecule has 0 saturated heterocycles. The van der Waals surface area contributed by atoms with Crippen molar-refractivity contribution in [3.8, 4) is 5.75 Å². The van der Waals surface area contributed by atoms with Crippen LogP contribution in [0, 0.1) is 13.8 Å². The predicted octanol–water partition coefficient (Wildman–Crippen LogP) is 3.58. The lowest BCUT2D eigenvalue weighted by atomic mass is 10.1. The zero-order valence-electron chi connectivity index (χ0n) is 14.2. The smallest absolute Gasteiger partial charge is 0.337 e. The van der Waals surface area contributed by atoms with E-state index in [1.165, 1.54) is 0 Å². The van der Waals surface area contributed by atoms with Crippen LogP contribution in [0.5, 0.6) is 5.75 Å². The van der Waals surface area contributed by atoms with Crippen LogP contribution in [0.2, 0.25) is 5.02 Å². The zero-order valence-corrected chi connectivity index (χ0v) is 15.0. The van der Waals surface area contributed by atoms with E-state index in [-0.39, 0.29) is 0 Å². The Hall–Kier alpha value is -2.73. The molecule has 3 amide bonds. The molecule has 0 radical (unpaired) electrons. The van der Waals surface area contributed by atoms with Crippen molar-refractivity contribution in [2.24, 2.45) is 0 Å². The Balaban J connectivity index is 1.82. The lowest BCUT2D eigenvalue weighted by molar-refractivity contribution is -0.127. The van der Waals surface area contributed by atoms with E-state index in [1.54, 1.807) is 37.3 Å². The Bertz CT molecular complexity index is 780. The van der Waals surface area contributed by atoms with Crippen LogP contribution in [0.15, 0.2) is 42.5 Å². The van der Waals surface area contributed by atoms with E-state index >= 15 is 0 Å². The molecule has 25 heavy (non-hydrogen) atoms. The summed E-state index contributed by atoms with van der Waals surface area (Å²) in [4.78, 5) is 23.8. The van der Waals surface area contributed by atoms with Crippen LogP contribution < -0.4 is 20.9 Å².